The average molecular weight is 435 g/mol. The van der Waals surface area contributed by atoms with Crippen LogP contribution in [-0.2, 0) is 4.74 Å². The first-order valence-electron chi connectivity index (χ1n) is 13.5. The molecule has 0 aromatic heterocycles. The molecule has 0 amide bonds. The van der Waals surface area contributed by atoms with Crippen LogP contribution in [-0.4, -0.2) is 93.4 Å². The fourth-order valence-corrected chi connectivity index (χ4v) is 7.28. The minimum atomic E-state index is 0.745. The third-order valence-corrected chi connectivity index (χ3v) is 9.20. The number of nitrogens with zero attached hydrogens (tertiary/aromatic N) is 3. The van der Waals surface area contributed by atoms with Crippen LogP contribution in [0.15, 0.2) is 0 Å². The maximum Gasteiger partial charge on any atom is 0.0594 e. The van der Waals surface area contributed by atoms with Crippen molar-refractivity contribution in [3.8, 4) is 0 Å². The first-order valence-corrected chi connectivity index (χ1v) is 13.5. The Morgan fingerprint density at radius 1 is 0.903 bits per heavy atom. The van der Waals surface area contributed by atoms with Gasteiger partial charge in [-0.05, 0) is 82.2 Å². The summed E-state index contributed by atoms with van der Waals surface area (Å²) in [6.07, 6.45) is 11.5. The third kappa shape index (κ3) is 6.44. The molecule has 1 saturated heterocycles. The quantitative estimate of drug-likeness (QED) is 0.604. The maximum atomic E-state index is 5.80. The van der Waals surface area contributed by atoms with E-state index in [9.17, 15) is 0 Å². The van der Waals surface area contributed by atoms with Crippen molar-refractivity contribution in [3.63, 3.8) is 0 Å². The lowest BCUT2D eigenvalue weighted by atomic mass is 9.65. The zero-order chi connectivity index (χ0) is 21.8. The van der Waals surface area contributed by atoms with Crippen LogP contribution in [0.4, 0.5) is 0 Å². The van der Waals surface area contributed by atoms with Gasteiger partial charge in [-0.3, -0.25) is 4.90 Å². The SMILES string of the molecule is CC1C(N(C)CC2CC2)CC(C2CCCC(CN(C)CCN)C2)CC1N1CCOCC1. The highest BCUT2D eigenvalue weighted by molar-refractivity contribution is 4.97. The van der Waals surface area contributed by atoms with Crippen LogP contribution >= 0.6 is 0 Å². The summed E-state index contributed by atoms with van der Waals surface area (Å²) in [5, 5.41) is 0. The molecule has 6 unspecified atom stereocenters. The third-order valence-electron chi connectivity index (χ3n) is 9.20. The summed E-state index contributed by atoms with van der Waals surface area (Å²) in [4.78, 5) is 8.05. The van der Waals surface area contributed by atoms with Crippen molar-refractivity contribution in [3.05, 3.63) is 0 Å². The molecule has 5 heteroatoms. The molecule has 4 rings (SSSR count). The van der Waals surface area contributed by atoms with Crippen molar-refractivity contribution in [2.24, 2.45) is 35.3 Å². The molecule has 180 valence electrons. The summed E-state index contributed by atoms with van der Waals surface area (Å²) in [6, 6.07) is 1.50. The van der Waals surface area contributed by atoms with E-state index >= 15 is 0 Å². The molecule has 0 aromatic carbocycles. The molecule has 0 spiro atoms. The van der Waals surface area contributed by atoms with Crippen molar-refractivity contribution in [1.29, 1.82) is 0 Å². The number of hydrogen-bond donors (Lipinski definition) is 1. The smallest absolute Gasteiger partial charge is 0.0594 e. The van der Waals surface area contributed by atoms with E-state index in [1.54, 1.807) is 0 Å². The van der Waals surface area contributed by atoms with Gasteiger partial charge in [-0.15, -0.1) is 0 Å². The summed E-state index contributed by atoms with van der Waals surface area (Å²) >= 11 is 0. The number of morpholine rings is 1. The van der Waals surface area contributed by atoms with Crippen LogP contribution in [0.5, 0.6) is 0 Å². The Morgan fingerprint density at radius 3 is 2.39 bits per heavy atom. The van der Waals surface area contributed by atoms with Crippen molar-refractivity contribution in [2.75, 3.05) is 66.6 Å². The molecule has 1 heterocycles. The molecule has 3 saturated carbocycles. The normalized spacial score (nSPS) is 38.1. The van der Waals surface area contributed by atoms with E-state index in [2.05, 4.69) is 35.7 Å². The molecule has 3 aliphatic carbocycles. The molecule has 0 bridgehead atoms. The van der Waals surface area contributed by atoms with Crippen molar-refractivity contribution in [1.82, 2.24) is 14.7 Å². The molecule has 6 atom stereocenters. The first kappa shape index (κ1) is 23.9. The number of likely N-dealkylation sites (N-methyl/N-ethyl adjacent to an activating group) is 1. The van der Waals surface area contributed by atoms with Gasteiger partial charge in [0.05, 0.1) is 13.2 Å². The highest BCUT2D eigenvalue weighted by Crippen LogP contribution is 2.45. The Hall–Kier alpha value is -0.200. The van der Waals surface area contributed by atoms with Gasteiger partial charge in [0.1, 0.15) is 0 Å². The largest absolute Gasteiger partial charge is 0.379 e. The Morgan fingerprint density at radius 2 is 1.68 bits per heavy atom. The van der Waals surface area contributed by atoms with E-state index in [0.717, 1.165) is 81.1 Å². The number of hydrogen-bond acceptors (Lipinski definition) is 5. The van der Waals surface area contributed by atoms with E-state index in [4.69, 9.17) is 10.5 Å². The second-order valence-electron chi connectivity index (χ2n) is 11.6. The van der Waals surface area contributed by atoms with Gasteiger partial charge < -0.3 is 20.3 Å². The highest BCUT2D eigenvalue weighted by Gasteiger charge is 2.43. The molecular formula is C26H50N4O. The number of nitrogens with two attached hydrogens (primary N) is 1. The molecule has 31 heavy (non-hydrogen) atoms. The summed E-state index contributed by atoms with van der Waals surface area (Å²) < 4.78 is 5.71. The predicted molar refractivity (Wildman–Crippen MR) is 129 cm³/mol. The molecule has 5 nitrogen and oxygen atoms in total. The fourth-order valence-electron chi connectivity index (χ4n) is 7.28. The van der Waals surface area contributed by atoms with Crippen molar-refractivity contribution < 1.29 is 4.74 Å². The van der Waals surface area contributed by atoms with Crippen molar-refractivity contribution in [2.45, 2.75) is 70.4 Å². The zero-order valence-electron chi connectivity index (χ0n) is 20.7. The van der Waals surface area contributed by atoms with Crippen LogP contribution in [0, 0.1) is 29.6 Å². The summed E-state index contributed by atoms with van der Waals surface area (Å²) in [5.74, 6) is 4.46. The maximum absolute atomic E-state index is 5.80. The van der Waals surface area contributed by atoms with Crippen LogP contribution in [0.2, 0.25) is 0 Å². The predicted octanol–water partition coefficient (Wildman–Crippen LogP) is 3.14. The highest BCUT2D eigenvalue weighted by atomic mass is 16.5. The van der Waals surface area contributed by atoms with E-state index in [0.29, 0.717) is 0 Å². The molecule has 1 aliphatic heterocycles. The van der Waals surface area contributed by atoms with E-state index in [-0.39, 0.29) is 0 Å². The lowest BCUT2D eigenvalue weighted by Crippen LogP contribution is -2.56. The van der Waals surface area contributed by atoms with Gasteiger partial charge in [0.2, 0.25) is 0 Å². The van der Waals surface area contributed by atoms with Gasteiger partial charge in [0, 0.05) is 51.4 Å². The van der Waals surface area contributed by atoms with Gasteiger partial charge in [0.25, 0.3) is 0 Å². The fraction of sp³-hybridized carbons (Fsp3) is 1.00. The lowest BCUT2D eigenvalue weighted by molar-refractivity contribution is -0.0452. The monoisotopic (exact) mass is 434 g/mol. The van der Waals surface area contributed by atoms with Gasteiger partial charge in [-0.2, -0.15) is 0 Å². The Labute approximate surface area is 192 Å². The lowest BCUT2D eigenvalue weighted by Gasteiger charge is -2.51. The Bertz CT molecular complexity index is 536. The molecule has 4 fully saturated rings. The van der Waals surface area contributed by atoms with E-state index < -0.39 is 0 Å². The molecular weight excluding hydrogens is 384 g/mol. The summed E-state index contributed by atoms with van der Waals surface area (Å²) in [6.45, 7) is 11.1. The second-order valence-corrected chi connectivity index (χ2v) is 11.6. The average Bonchev–Trinajstić information content (AvgIpc) is 3.59. The first-order chi connectivity index (χ1) is 15.0. The Kier molecular flexibility index (Phi) is 8.72. The topological polar surface area (TPSA) is 45.0 Å². The van der Waals surface area contributed by atoms with Crippen molar-refractivity contribution >= 4 is 0 Å². The minimum Gasteiger partial charge on any atom is -0.379 e. The van der Waals surface area contributed by atoms with Crippen LogP contribution < -0.4 is 5.73 Å². The Balaban J connectivity index is 1.43. The standard InChI is InChI=1S/C26H50N4O/c1-20-25(29(3)19-21-7-8-21)16-24(17-26(20)30-11-13-31-14-12-30)23-6-4-5-22(15-23)18-28(2)10-9-27/h20-26H,4-19,27H2,1-3H3. The molecule has 0 aromatic rings. The minimum absolute atomic E-state index is 0.745. The van der Waals surface area contributed by atoms with Gasteiger partial charge >= 0.3 is 0 Å². The molecule has 4 aliphatic rings. The van der Waals surface area contributed by atoms with Crippen LogP contribution in [0.3, 0.4) is 0 Å². The van der Waals surface area contributed by atoms with Gasteiger partial charge in [-0.25, -0.2) is 0 Å². The summed E-state index contributed by atoms with van der Waals surface area (Å²) in [7, 11) is 4.69. The van der Waals surface area contributed by atoms with E-state index in [1.165, 1.54) is 64.5 Å². The van der Waals surface area contributed by atoms with Gasteiger partial charge in [-0.1, -0.05) is 19.8 Å². The number of rotatable bonds is 9. The molecule has 0 radical (unpaired) electrons. The van der Waals surface area contributed by atoms with Crippen LogP contribution in [0.1, 0.15) is 58.3 Å². The number of ether oxygens (including phenoxy) is 1. The molecule has 2 N–H and O–H groups in total. The zero-order valence-corrected chi connectivity index (χ0v) is 20.7. The van der Waals surface area contributed by atoms with Gasteiger partial charge in [0.15, 0.2) is 0 Å². The summed E-state index contributed by atoms with van der Waals surface area (Å²) in [5.41, 5.74) is 5.80. The second kappa shape index (κ2) is 11.3. The van der Waals surface area contributed by atoms with E-state index in [1.807, 2.05) is 0 Å². The van der Waals surface area contributed by atoms with Crippen LogP contribution in [0.25, 0.3) is 0 Å².